The molecule has 0 saturated carbocycles. The van der Waals surface area contributed by atoms with Crippen molar-refractivity contribution in [2.75, 3.05) is 13.1 Å². The topological polar surface area (TPSA) is 49.5 Å². The molecule has 0 aliphatic carbocycles. The molecular weight excluding hydrogens is 219 g/mol. The first-order chi connectivity index (χ1) is 8.04. The van der Waals surface area contributed by atoms with E-state index in [1.165, 1.54) is 18.2 Å². The van der Waals surface area contributed by atoms with Gasteiger partial charge >= 0.3 is 0 Å². The number of halogens is 1. The van der Waals surface area contributed by atoms with Crippen molar-refractivity contribution < 1.29 is 9.50 Å². The Bertz CT molecular complexity index is 387. The Morgan fingerprint density at radius 2 is 2.24 bits per heavy atom. The fourth-order valence-electron chi connectivity index (χ4n) is 2.56. The SMILES string of the molecule is CC1CC(N)CN(Cc2cc(F)ccc2O)C1. The van der Waals surface area contributed by atoms with Crippen LogP contribution in [-0.2, 0) is 6.54 Å². The van der Waals surface area contributed by atoms with Crippen molar-refractivity contribution in [3.63, 3.8) is 0 Å². The van der Waals surface area contributed by atoms with E-state index in [9.17, 15) is 9.50 Å². The van der Waals surface area contributed by atoms with E-state index in [2.05, 4.69) is 11.8 Å². The molecule has 17 heavy (non-hydrogen) atoms. The lowest BCUT2D eigenvalue weighted by molar-refractivity contribution is 0.157. The van der Waals surface area contributed by atoms with E-state index in [0.717, 1.165) is 19.5 Å². The Morgan fingerprint density at radius 3 is 2.94 bits per heavy atom. The molecule has 4 heteroatoms. The summed E-state index contributed by atoms with van der Waals surface area (Å²) in [6.45, 7) is 4.48. The Balaban J connectivity index is 2.07. The number of aromatic hydroxyl groups is 1. The molecular formula is C13H19FN2O. The van der Waals surface area contributed by atoms with Gasteiger partial charge in [-0.3, -0.25) is 4.90 Å². The highest BCUT2D eigenvalue weighted by molar-refractivity contribution is 5.32. The van der Waals surface area contributed by atoms with Crippen LogP contribution >= 0.6 is 0 Å². The molecule has 0 bridgehead atoms. The molecule has 94 valence electrons. The first-order valence-corrected chi connectivity index (χ1v) is 6.00. The van der Waals surface area contributed by atoms with Gasteiger partial charge in [-0.15, -0.1) is 0 Å². The summed E-state index contributed by atoms with van der Waals surface area (Å²) in [5, 5.41) is 9.67. The molecule has 0 aromatic heterocycles. The summed E-state index contributed by atoms with van der Waals surface area (Å²) >= 11 is 0. The normalized spacial score (nSPS) is 26.1. The van der Waals surface area contributed by atoms with Gasteiger partial charge in [0.15, 0.2) is 0 Å². The van der Waals surface area contributed by atoms with Crippen molar-refractivity contribution in [1.29, 1.82) is 0 Å². The fourth-order valence-corrected chi connectivity index (χ4v) is 2.56. The molecule has 1 fully saturated rings. The highest BCUT2D eigenvalue weighted by Gasteiger charge is 2.22. The summed E-state index contributed by atoms with van der Waals surface area (Å²) < 4.78 is 13.1. The van der Waals surface area contributed by atoms with Crippen molar-refractivity contribution >= 4 is 0 Å². The van der Waals surface area contributed by atoms with E-state index in [0.29, 0.717) is 18.0 Å². The van der Waals surface area contributed by atoms with Crippen molar-refractivity contribution in [2.24, 2.45) is 11.7 Å². The standard InChI is InChI=1S/C13H19FN2O/c1-9-4-12(15)8-16(6-9)7-10-5-11(14)2-3-13(10)17/h2-3,5,9,12,17H,4,6-8,15H2,1H3. The summed E-state index contributed by atoms with van der Waals surface area (Å²) in [5.41, 5.74) is 6.59. The van der Waals surface area contributed by atoms with Crippen molar-refractivity contribution in [3.05, 3.63) is 29.6 Å². The molecule has 1 aliphatic rings. The number of piperidine rings is 1. The molecule has 0 spiro atoms. The lowest BCUT2D eigenvalue weighted by Crippen LogP contribution is -2.45. The molecule has 2 atom stereocenters. The minimum atomic E-state index is -0.313. The van der Waals surface area contributed by atoms with Crippen LogP contribution in [0.4, 0.5) is 4.39 Å². The second kappa shape index (κ2) is 5.02. The highest BCUT2D eigenvalue weighted by Crippen LogP contribution is 2.23. The van der Waals surface area contributed by atoms with Gasteiger partial charge in [-0.25, -0.2) is 4.39 Å². The van der Waals surface area contributed by atoms with Gasteiger partial charge in [-0.2, -0.15) is 0 Å². The maximum Gasteiger partial charge on any atom is 0.123 e. The van der Waals surface area contributed by atoms with Gasteiger partial charge in [-0.05, 0) is 30.5 Å². The van der Waals surface area contributed by atoms with Gasteiger partial charge in [0, 0.05) is 31.2 Å². The molecule has 1 saturated heterocycles. The number of nitrogens with two attached hydrogens (primary N) is 1. The number of benzene rings is 1. The maximum atomic E-state index is 13.1. The third kappa shape index (κ3) is 3.17. The molecule has 3 nitrogen and oxygen atoms in total. The zero-order valence-electron chi connectivity index (χ0n) is 10.1. The lowest BCUT2D eigenvalue weighted by Gasteiger charge is -2.34. The van der Waals surface area contributed by atoms with Crippen LogP contribution in [-0.4, -0.2) is 29.1 Å². The number of hydrogen-bond donors (Lipinski definition) is 2. The van der Waals surface area contributed by atoms with E-state index in [1.807, 2.05) is 0 Å². The van der Waals surface area contributed by atoms with Crippen molar-refractivity contribution in [1.82, 2.24) is 4.90 Å². The first-order valence-electron chi connectivity index (χ1n) is 6.00. The monoisotopic (exact) mass is 238 g/mol. The predicted molar refractivity (Wildman–Crippen MR) is 65.1 cm³/mol. The van der Waals surface area contributed by atoms with Crippen LogP contribution in [0.15, 0.2) is 18.2 Å². The third-order valence-electron chi connectivity index (χ3n) is 3.20. The van der Waals surface area contributed by atoms with Crippen LogP contribution in [0.5, 0.6) is 5.75 Å². The largest absolute Gasteiger partial charge is 0.508 e. The third-order valence-corrected chi connectivity index (χ3v) is 3.20. The van der Waals surface area contributed by atoms with Crippen molar-refractivity contribution in [2.45, 2.75) is 25.9 Å². The first kappa shape index (κ1) is 12.3. The van der Waals surface area contributed by atoms with Crippen LogP contribution in [0.1, 0.15) is 18.9 Å². The maximum absolute atomic E-state index is 13.1. The van der Waals surface area contributed by atoms with Crippen LogP contribution in [0.3, 0.4) is 0 Å². The Morgan fingerprint density at radius 1 is 1.47 bits per heavy atom. The molecule has 3 N–H and O–H groups in total. The average Bonchev–Trinajstić information content (AvgIpc) is 2.22. The predicted octanol–water partition coefficient (Wildman–Crippen LogP) is 1.70. The summed E-state index contributed by atoms with van der Waals surface area (Å²) in [6, 6.07) is 4.23. The zero-order valence-corrected chi connectivity index (χ0v) is 10.1. The Kier molecular flexibility index (Phi) is 3.64. The van der Waals surface area contributed by atoms with E-state index in [4.69, 9.17) is 5.73 Å². The van der Waals surface area contributed by atoms with Gasteiger partial charge in [0.1, 0.15) is 11.6 Å². The van der Waals surface area contributed by atoms with E-state index >= 15 is 0 Å². The quantitative estimate of drug-likeness (QED) is 0.824. The lowest BCUT2D eigenvalue weighted by atomic mass is 9.96. The molecule has 0 amide bonds. The Hall–Kier alpha value is -1.13. The molecule has 1 aromatic rings. The zero-order chi connectivity index (χ0) is 12.4. The van der Waals surface area contributed by atoms with Gasteiger partial charge in [0.25, 0.3) is 0 Å². The van der Waals surface area contributed by atoms with Crippen LogP contribution in [0, 0.1) is 11.7 Å². The van der Waals surface area contributed by atoms with Crippen LogP contribution in [0.2, 0.25) is 0 Å². The summed E-state index contributed by atoms with van der Waals surface area (Å²) in [5.74, 6) is 0.389. The molecule has 2 unspecified atom stereocenters. The fraction of sp³-hybridized carbons (Fsp3) is 0.538. The number of phenols is 1. The average molecular weight is 238 g/mol. The molecule has 1 heterocycles. The second-order valence-corrected chi connectivity index (χ2v) is 5.07. The van der Waals surface area contributed by atoms with Gasteiger partial charge in [0.2, 0.25) is 0 Å². The summed E-state index contributed by atoms with van der Waals surface area (Å²) in [6.07, 6.45) is 1.03. The number of hydrogen-bond acceptors (Lipinski definition) is 3. The van der Waals surface area contributed by atoms with Crippen LogP contribution in [0.25, 0.3) is 0 Å². The molecule has 1 aliphatic heterocycles. The number of phenolic OH excluding ortho intramolecular Hbond substituents is 1. The van der Waals surface area contributed by atoms with Gasteiger partial charge in [0.05, 0.1) is 0 Å². The Labute approximate surface area is 101 Å². The van der Waals surface area contributed by atoms with Gasteiger partial charge in [-0.1, -0.05) is 6.92 Å². The number of rotatable bonds is 2. The molecule has 0 radical (unpaired) electrons. The molecule has 1 aromatic carbocycles. The van der Waals surface area contributed by atoms with E-state index < -0.39 is 0 Å². The number of nitrogens with zero attached hydrogens (tertiary/aromatic N) is 1. The van der Waals surface area contributed by atoms with Crippen LogP contribution < -0.4 is 5.73 Å². The second-order valence-electron chi connectivity index (χ2n) is 5.07. The summed E-state index contributed by atoms with van der Waals surface area (Å²) in [4.78, 5) is 2.17. The summed E-state index contributed by atoms with van der Waals surface area (Å²) in [7, 11) is 0. The van der Waals surface area contributed by atoms with Crippen molar-refractivity contribution in [3.8, 4) is 5.75 Å². The minimum absolute atomic E-state index is 0.151. The van der Waals surface area contributed by atoms with Gasteiger partial charge < -0.3 is 10.8 Å². The van der Waals surface area contributed by atoms with E-state index in [1.54, 1.807) is 0 Å². The smallest absolute Gasteiger partial charge is 0.123 e. The molecule has 2 rings (SSSR count). The minimum Gasteiger partial charge on any atom is -0.508 e. The van der Waals surface area contributed by atoms with E-state index in [-0.39, 0.29) is 17.6 Å². The number of likely N-dealkylation sites (tertiary alicyclic amines) is 1. The highest BCUT2D eigenvalue weighted by atomic mass is 19.1.